The number of thiophene rings is 1. The van der Waals surface area contributed by atoms with Gasteiger partial charge in [0.1, 0.15) is 0 Å². The molecular weight excluding hydrogens is 244 g/mol. The van der Waals surface area contributed by atoms with Crippen LogP contribution in [0.3, 0.4) is 0 Å². The highest BCUT2D eigenvalue weighted by Crippen LogP contribution is 2.19. The minimum atomic E-state index is -0.719. The number of rotatable bonds is 5. The highest BCUT2D eigenvalue weighted by molar-refractivity contribution is 7.09. The second kappa shape index (κ2) is 5.83. The van der Waals surface area contributed by atoms with Crippen molar-refractivity contribution in [1.29, 1.82) is 0 Å². The highest BCUT2D eigenvalue weighted by atomic mass is 32.1. The molecule has 0 aliphatic heterocycles. The molecular formula is C15H16O2S. The molecule has 3 heteroatoms. The van der Waals surface area contributed by atoms with Crippen LogP contribution in [-0.4, -0.2) is 11.1 Å². The van der Waals surface area contributed by atoms with E-state index >= 15 is 0 Å². The molecule has 0 saturated heterocycles. The topological polar surface area (TPSA) is 37.3 Å². The molecule has 1 aromatic heterocycles. The van der Waals surface area contributed by atoms with Crippen molar-refractivity contribution < 1.29 is 9.90 Å². The molecule has 2 aromatic rings. The van der Waals surface area contributed by atoms with E-state index in [-0.39, 0.29) is 5.92 Å². The molecule has 1 heterocycles. The minimum absolute atomic E-state index is 0.341. The molecule has 2 nitrogen and oxygen atoms in total. The van der Waals surface area contributed by atoms with Gasteiger partial charge in [0, 0.05) is 4.88 Å². The van der Waals surface area contributed by atoms with Crippen LogP contribution in [0.15, 0.2) is 41.8 Å². The molecule has 2 rings (SSSR count). The third-order valence-corrected chi connectivity index (χ3v) is 3.88. The Bertz CT molecular complexity index is 500. The lowest BCUT2D eigenvalue weighted by Crippen LogP contribution is -2.18. The number of carboxylic acid groups (broad SMARTS) is 1. The van der Waals surface area contributed by atoms with Gasteiger partial charge in [-0.25, -0.2) is 0 Å². The van der Waals surface area contributed by atoms with E-state index in [1.807, 2.05) is 48.7 Å². The average Bonchev–Trinajstić information content (AvgIpc) is 2.84. The van der Waals surface area contributed by atoms with Gasteiger partial charge in [-0.2, -0.15) is 0 Å². The summed E-state index contributed by atoms with van der Waals surface area (Å²) in [5, 5.41) is 11.3. The Morgan fingerprint density at radius 1 is 1.22 bits per heavy atom. The second-order valence-corrected chi connectivity index (χ2v) is 5.54. The SMILES string of the molecule is Cc1ccc(CC(Cc2cccs2)C(=O)O)cc1. The van der Waals surface area contributed by atoms with E-state index in [0.717, 1.165) is 10.4 Å². The molecule has 0 spiro atoms. The van der Waals surface area contributed by atoms with E-state index in [9.17, 15) is 9.90 Å². The molecule has 18 heavy (non-hydrogen) atoms. The maximum Gasteiger partial charge on any atom is 0.307 e. The molecule has 1 atom stereocenters. The van der Waals surface area contributed by atoms with Crippen molar-refractivity contribution in [3.63, 3.8) is 0 Å². The van der Waals surface area contributed by atoms with E-state index < -0.39 is 5.97 Å². The average molecular weight is 260 g/mol. The largest absolute Gasteiger partial charge is 0.481 e. The van der Waals surface area contributed by atoms with Crippen LogP contribution in [0, 0.1) is 12.8 Å². The van der Waals surface area contributed by atoms with Gasteiger partial charge >= 0.3 is 5.97 Å². The first kappa shape index (κ1) is 12.8. The van der Waals surface area contributed by atoms with Gasteiger partial charge in [-0.3, -0.25) is 4.79 Å². The Labute approximate surface area is 111 Å². The zero-order valence-corrected chi connectivity index (χ0v) is 11.1. The first-order valence-electron chi connectivity index (χ1n) is 5.96. The predicted octanol–water partition coefficient (Wildman–Crippen LogP) is 3.54. The Morgan fingerprint density at radius 3 is 2.50 bits per heavy atom. The number of carbonyl (C=O) groups is 1. The molecule has 0 aliphatic rings. The van der Waals surface area contributed by atoms with Gasteiger partial charge in [0.05, 0.1) is 5.92 Å². The van der Waals surface area contributed by atoms with E-state index in [4.69, 9.17) is 0 Å². The van der Waals surface area contributed by atoms with Gasteiger partial charge in [-0.1, -0.05) is 35.9 Å². The van der Waals surface area contributed by atoms with Crippen LogP contribution in [0.2, 0.25) is 0 Å². The smallest absolute Gasteiger partial charge is 0.307 e. The lowest BCUT2D eigenvalue weighted by Gasteiger charge is -2.11. The number of hydrogen-bond donors (Lipinski definition) is 1. The Kier molecular flexibility index (Phi) is 4.15. The van der Waals surface area contributed by atoms with Crippen LogP contribution in [0.5, 0.6) is 0 Å². The summed E-state index contributed by atoms with van der Waals surface area (Å²) in [6, 6.07) is 12.0. The number of carboxylic acids is 1. The zero-order chi connectivity index (χ0) is 13.0. The first-order valence-corrected chi connectivity index (χ1v) is 6.84. The zero-order valence-electron chi connectivity index (χ0n) is 10.3. The summed E-state index contributed by atoms with van der Waals surface area (Å²) in [5.41, 5.74) is 2.29. The van der Waals surface area contributed by atoms with Crippen molar-refractivity contribution in [2.24, 2.45) is 5.92 Å². The van der Waals surface area contributed by atoms with Gasteiger partial charge in [0.25, 0.3) is 0 Å². The van der Waals surface area contributed by atoms with Crippen molar-refractivity contribution in [3.8, 4) is 0 Å². The van der Waals surface area contributed by atoms with E-state index in [1.54, 1.807) is 11.3 Å². The summed E-state index contributed by atoms with van der Waals surface area (Å²) in [5.74, 6) is -1.06. The summed E-state index contributed by atoms with van der Waals surface area (Å²) in [6.45, 7) is 2.03. The van der Waals surface area contributed by atoms with Gasteiger partial charge in [-0.15, -0.1) is 11.3 Å². The molecule has 1 aromatic carbocycles. The van der Waals surface area contributed by atoms with Crippen molar-refractivity contribution >= 4 is 17.3 Å². The minimum Gasteiger partial charge on any atom is -0.481 e. The van der Waals surface area contributed by atoms with Gasteiger partial charge in [-0.05, 0) is 36.8 Å². The summed E-state index contributed by atoms with van der Waals surface area (Å²) >= 11 is 1.62. The van der Waals surface area contributed by atoms with E-state index in [2.05, 4.69) is 0 Å². The van der Waals surface area contributed by atoms with Crippen LogP contribution < -0.4 is 0 Å². The normalized spacial score (nSPS) is 12.3. The van der Waals surface area contributed by atoms with Crippen LogP contribution in [0.1, 0.15) is 16.0 Å². The summed E-state index contributed by atoms with van der Waals surface area (Å²) in [6.07, 6.45) is 1.20. The maximum absolute atomic E-state index is 11.3. The Hall–Kier alpha value is -1.61. The monoisotopic (exact) mass is 260 g/mol. The molecule has 94 valence electrons. The van der Waals surface area contributed by atoms with Crippen LogP contribution >= 0.6 is 11.3 Å². The van der Waals surface area contributed by atoms with E-state index in [1.165, 1.54) is 5.56 Å². The molecule has 1 N–H and O–H groups in total. The van der Waals surface area contributed by atoms with Crippen LogP contribution in [0.25, 0.3) is 0 Å². The molecule has 0 bridgehead atoms. The van der Waals surface area contributed by atoms with Gasteiger partial charge in [0.15, 0.2) is 0 Å². The maximum atomic E-state index is 11.3. The number of aliphatic carboxylic acids is 1. The van der Waals surface area contributed by atoms with Gasteiger partial charge < -0.3 is 5.11 Å². The van der Waals surface area contributed by atoms with Crippen molar-refractivity contribution in [2.45, 2.75) is 19.8 Å². The fourth-order valence-corrected chi connectivity index (χ4v) is 2.71. The molecule has 0 amide bonds. The van der Waals surface area contributed by atoms with Crippen molar-refractivity contribution in [3.05, 3.63) is 57.8 Å². The predicted molar refractivity (Wildman–Crippen MR) is 74.0 cm³/mol. The van der Waals surface area contributed by atoms with E-state index in [0.29, 0.717) is 12.8 Å². The summed E-state index contributed by atoms with van der Waals surface area (Å²) < 4.78 is 0. The number of hydrogen-bond acceptors (Lipinski definition) is 2. The van der Waals surface area contributed by atoms with Gasteiger partial charge in [0.2, 0.25) is 0 Å². The molecule has 0 radical (unpaired) electrons. The molecule has 0 saturated carbocycles. The summed E-state index contributed by atoms with van der Waals surface area (Å²) in [4.78, 5) is 12.4. The van der Waals surface area contributed by atoms with Crippen molar-refractivity contribution in [1.82, 2.24) is 0 Å². The fourth-order valence-electron chi connectivity index (χ4n) is 1.93. The highest BCUT2D eigenvalue weighted by Gasteiger charge is 2.18. The van der Waals surface area contributed by atoms with Crippen LogP contribution in [0.4, 0.5) is 0 Å². The summed E-state index contributed by atoms with van der Waals surface area (Å²) in [7, 11) is 0. The van der Waals surface area contributed by atoms with Crippen molar-refractivity contribution in [2.75, 3.05) is 0 Å². The second-order valence-electron chi connectivity index (χ2n) is 4.51. The third-order valence-electron chi connectivity index (χ3n) is 2.98. The number of benzene rings is 1. The lowest BCUT2D eigenvalue weighted by molar-refractivity contribution is -0.141. The lowest BCUT2D eigenvalue weighted by atomic mass is 9.95. The Morgan fingerprint density at radius 2 is 1.94 bits per heavy atom. The number of aryl methyl sites for hydroxylation is 1. The third kappa shape index (κ3) is 3.44. The fraction of sp³-hybridized carbons (Fsp3) is 0.267. The first-order chi connectivity index (χ1) is 8.65. The standard InChI is InChI=1S/C15H16O2S/c1-11-4-6-12(7-5-11)9-13(15(16)17)10-14-3-2-8-18-14/h2-8,13H,9-10H2,1H3,(H,16,17). The molecule has 1 unspecified atom stereocenters. The molecule has 0 fully saturated rings. The van der Waals surface area contributed by atoms with Crippen LogP contribution in [-0.2, 0) is 17.6 Å². The molecule has 0 aliphatic carbocycles. The Balaban J connectivity index is 2.06. The quantitative estimate of drug-likeness (QED) is 0.892.